The molecule has 3 rings (SSSR count). The van der Waals surface area contributed by atoms with Crippen molar-refractivity contribution in [2.45, 2.75) is 13.3 Å². The zero-order valence-corrected chi connectivity index (χ0v) is 13.3. The number of methoxy groups -OCH3 is 1. The number of aromatic nitrogens is 1. The molecule has 0 fully saturated rings. The number of benzene rings is 2. The van der Waals surface area contributed by atoms with Crippen LogP contribution < -0.4 is 5.32 Å². The maximum atomic E-state index is 12.3. The van der Waals surface area contributed by atoms with Crippen LogP contribution in [-0.4, -0.2) is 24.0 Å². The fourth-order valence-electron chi connectivity index (χ4n) is 2.28. The first kappa shape index (κ1) is 15.7. The molecule has 1 amide bonds. The minimum Gasteiger partial charge on any atom is -0.465 e. The molecule has 0 spiro atoms. The van der Waals surface area contributed by atoms with Crippen LogP contribution in [0, 0.1) is 0 Å². The number of oxazole rings is 1. The Bertz CT molecular complexity index is 897. The van der Waals surface area contributed by atoms with Crippen LogP contribution in [-0.2, 0) is 11.2 Å². The SMILES string of the molecule is CCc1nc2cc(NC(=O)c3ccc(C(=O)OC)cc3)ccc2o1. The number of carbonyl (C=O) groups is 2. The minimum absolute atomic E-state index is 0.273. The van der Waals surface area contributed by atoms with Crippen molar-refractivity contribution in [1.29, 1.82) is 0 Å². The van der Waals surface area contributed by atoms with E-state index in [4.69, 9.17) is 4.42 Å². The fourth-order valence-corrected chi connectivity index (χ4v) is 2.28. The van der Waals surface area contributed by atoms with Gasteiger partial charge in [0.2, 0.25) is 0 Å². The molecule has 0 atom stereocenters. The lowest BCUT2D eigenvalue weighted by atomic mass is 10.1. The number of nitrogens with zero attached hydrogens (tertiary/aromatic N) is 1. The van der Waals surface area contributed by atoms with E-state index in [-0.39, 0.29) is 5.91 Å². The molecule has 0 aliphatic rings. The van der Waals surface area contributed by atoms with Crippen LogP contribution in [0.25, 0.3) is 11.1 Å². The van der Waals surface area contributed by atoms with Crippen molar-refractivity contribution in [3.8, 4) is 0 Å². The molecular formula is C18H16N2O4. The van der Waals surface area contributed by atoms with E-state index in [0.717, 1.165) is 0 Å². The monoisotopic (exact) mass is 324 g/mol. The molecule has 1 N–H and O–H groups in total. The highest BCUT2D eigenvalue weighted by Gasteiger charge is 2.11. The number of hydrogen-bond donors (Lipinski definition) is 1. The zero-order chi connectivity index (χ0) is 17.1. The van der Waals surface area contributed by atoms with E-state index in [1.165, 1.54) is 7.11 Å². The number of rotatable bonds is 4. The lowest BCUT2D eigenvalue weighted by molar-refractivity contribution is 0.0600. The van der Waals surface area contributed by atoms with Gasteiger partial charge >= 0.3 is 5.97 Å². The summed E-state index contributed by atoms with van der Waals surface area (Å²) in [5.41, 5.74) is 2.85. The van der Waals surface area contributed by atoms with Gasteiger partial charge in [-0.3, -0.25) is 4.79 Å². The third-order valence-electron chi connectivity index (χ3n) is 3.56. The summed E-state index contributed by atoms with van der Waals surface area (Å²) in [5.74, 6) is -0.0537. The first-order valence-electron chi connectivity index (χ1n) is 7.50. The maximum Gasteiger partial charge on any atom is 0.337 e. The van der Waals surface area contributed by atoms with Crippen molar-refractivity contribution in [2.75, 3.05) is 12.4 Å². The number of anilines is 1. The smallest absolute Gasteiger partial charge is 0.337 e. The highest BCUT2D eigenvalue weighted by molar-refractivity contribution is 6.05. The second-order valence-electron chi connectivity index (χ2n) is 5.17. The Morgan fingerprint density at radius 3 is 2.50 bits per heavy atom. The van der Waals surface area contributed by atoms with Gasteiger partial charge in [0.05, 0.1) is 12.7 Å². The summed E-state index contributed by atoms with van der Waals surface area (Å²) < 4.78 is 10.2. The van der Waals surface area contributed by atoms with E-state index < -0.39 is 5.97 Å². The lowest BCUT2D eigenvalue weighted by Gasteiger charge is -2.06. The van der Waals surface area contributed by atoms with Gasteiger partial charge in [-0.05, 0) is 42.5 Å². The third-order valence-corrected chi connectivity index (χ3v) is 3.56. The van der Waals surface area contributed by atoms with E-state index in [1.54, 1.807) is 42.5 Å². The zero-order valence-electron chi connectivity index (χ0n) is 13.3. The Hall–Kier alpha value is -3.15. The second kappa shape index (κ2) is 6.54. The number of hydrogen-bond acceptors (Lipinski definition) is 5. The summed E-state index contributed by atoms with van der Waals surface area (Å²) in [5, 5.41) is 2.80. The summed E-state index contributed by atoms with van der Waals surface area (Å²) in [6.45, 7) is 1.96. The molecule has 6 heteroatoms. The van der Waals surface area contributed by atoms with Crippen molar-refractivity contribution in [3.63, 3.8) is 0 Å². The van der Waals surface area contributed by atoms with Gasteiger partial charge < -0.3 is 14.5 Å². The molecule has 0 bridgehead atoms. The molecule has 0 saturated heterocycles. The first-order chi connectivity index (χ1) is 11.6. The van der Waals surface area contributed by atoms with Crippen LogP contribution in [0.4, 0.5) is 5.69 Å². The van der Waals surface area contributed by atoms with Gasteiger partial charge in [-0.1, -0.05) is 6.92 Å². The van der Waals surface area contributed by atoms with Gasteiger partial charge in [-0.15, -0.1) is 0 Å². The summed E-state index contributed by atoms with van der Waals surface area (Å²) in [4.78, 5) is 28.0. The number of amides is 1. The number of esters is 1. The van der Waals surface area contributed by atoms with Gasteiger partial charge in [0.25, 0.3) is 5.91 Å². The van der Waals surface area contributed by atoms with Crippen LogP contribution in [0.3, 0.4) is 0 Å². The number of nitrogens with one attached hydrogen (secondary N) is 1. The van der Waals surface area contributed by atoms with Crippen LogP contribution in [0.2, 0.25) is 0 Å². The van der Waals surface area contributed by atoms with Crippen LogP contribution in [0.1, 0.15) is 33.5 Å². The molecule has 122 valence electrons. The Morgan fingerprint density at radius 1 is 1.12 bits per heavy atom. The molecule has 6 nitrogen and oxygen atoms in total. The van der Waals surface area contributed by atoms with Crippen molar-refractivity contribution in [3.05, 3.63) is 59.5 Å². The minimum atomic E-state index is -0.440. The first-order valence-corrected chi connectivity index (χ1v) is 7.50. The van der Waals surface area contributed by atoms with E-state index in [0.29, 0.717) is 40.2 Å². The number of aryl methyl sites for hydroxylation is 1. The number of carbonyl (C=O) groups excluding carboxylic acids is 2. The molecule has 1 aromatic heterocycles. The summed E-state index contributed by atoms with van der Waals surface area (Å²) in [6.07, 6.45) is 0.711. The summed E-state index contributed by atoms with van der Waals surface area (Å²) in [7, 11) is 1.31. The van der Waals surface area contributed by atoms with Crippen molar-refractivity contribution in [1.82, 2.24) is 4.98 Å². The predicted molar refractivity (Wildman–Crippen MR) is 89.1 cm³/mol. The topological polar surface area (TPSA) is 81.4 Å². The highest BCUT2D eigenvalue weighted by Crippen LogP contribution is 2.21. The molecule has 3 aromatic rings. The lowest BCUT2D eigenvalue weighted by Crippen LogP contribution is -2.12. The van der Waals surface area contributed by atoms with Crippen molar-refractivity contribution in [2.24, 2.45) is 0 Å². The molecule has 0 aliphatic heterocycles. The van der Waals surface area contributed by atoms with Gasteiger partial charge in [0.15, 0.2) is 11.5 Å². The van der Waals surface area contributed by atoms with E-state index in [9.17, 15) is 9.59 Å². The van der Waals surface area contributed by atoms with Crippen LogP contribution >= 0.6 is 0 Å². The normalized spacial score (nSPS) is 10.6. The standard InChI is InChI=1S/C18H16N2O4/c1-3-16-20-14-10-13(8-9-15(14)24-16)19-17(21)11-4-6-12(7-5-11)18(22)23-2/h4-10H,3H2,1-2H3,(H,19,21). The second-order valence-corrected chi connectivity index (χ2v) is 5.17. The average molecular weight is 324 g/mol. The third kappa shape index (κ3) is 3.12. The largest absolute Gasteiger partial charge is 0.465 e. The molecule has 1 heterocycles. The summed E-state index contributed by atoms with van der Waals surface area (Å²) in [6, 6.07) is 11.5. The molecular weight excluding hydrogens is 308 g/mol. The predicted octanol–water partition coefficient (Wildman–Crippen LogP) is 3.43. The Balaban J connectivity index is 1.77. The van der Waals surface area contributed by atoms with Crippen molar-refractivity contribution < 1.29 is 18.7 Å². The van der Waals surface area contributed by atoms with Gasteiger partial charge in [0.1, 0.15) is 5.52 Å². The molecule has 2 aromatic carbocycles. The number of ether oxygens (including phenoxy) is 1. The number of fused-ring (bicyclic) bond motifs is 1. The molecule has 0 aliphatic carbocycles. The van der Waals surface area contributed by atoms with Crippen LogP contribution in [0.5, 0.6) is 0 Å². The Kier molecular flexibility index (Phi) is 4.29. The summed E-state index contributed by atoms with van der Waals surface area (Å²) >= 11 is 0. The molecule has 0 unspecified atom stereocenters. The maximum absolute atomic E-state index is 12.3. The quantitative estimate of drug-likeness (QED) is 0.744. The van der Waals surface area contributed by atoms with Gasteiger partial charge in [-0.25, -0.2) is 9.78 Å². The highest BCUT2D eigenvalue weighted by atomic mass is 16.5. The van der Waals surface area contributed by atoms with E-state index in [1.807, 2.05) is 6.92 Å². The van der Waals surface area contributed by atoms with E-state index >= 15 is 0 Å². The average Bonchev–Trinajstić information content (AvgIpc) is 3.03. The van der Waals surface area contributed by atoms with Crippen molar-refractivity contribution >= 4 is 28.7 Å². The Morgan fingerprint density at radius 2 is 1.83 bits per heavy atom. The Labute approximate surface area is 138 Å². The fraction of sp³-hybridized carbons (Fsp3) is 0.167. The van der Waals surface area contributed by atoms with E-state index in [2.05, 4.69) is 15.0 Å². The van der Waals surface area contributed by atoms with Crippen LogP contribution in [0.15, 0.2) is 46.9 Å². The molecule has 0 radical (unpaired) electrons. The molecule has 24 heavy (non-hydrogen) atoms. The van der Waals surface area contributed by atoms with Gasteiger partial charge in [-0.2, -0.15) is 0 Å². The molecule has 0 saturated carbocycles. The van der Waals surface area contributed by atoms with Gasteiger partial charge in [0, 0.05) is 17.7 Å².